The van der Waals surface area contributed by atoms with E-state index in [9.17, 15) is 0 Å². The molecule has 0 rings (SSSR count). The van der Waals surface area contributed by atoms with Gasteiger partial charge in [0.25, 0.3) is 0 Å². The van der Waals surface area contributed by atoms with Gasteiger partial charge in [-0.15, -0.1) is 0 Å². The first kappa shape index (κ1) is 9.08. The molecule has 0 radical (unpaired) electrons. The van der Waals surface area contributed by atoms with Crippen LogP contribution in [-0.4, -0.2) is 19.5 Å². The van der Waals surface area contributed by atoms with Gasteiger partial charge >= 0.3 is 0 Å². The summed E-state index contributed by atoms with van der Waals surface area (Å²) in [5.41, 5.74) is 0.889. The third-order valence-electron chi connectivity index (χ3n) is 1.12. The monoisotopic (exact) mass is 138 g/mol. The van der Waals surface area contributed by atoms with Crippen molar-refractivity contribution in [3.05, 3.63) is 12.3 Å². The van der Waals surface area contributed by atoms with Crippen LogP contribution < -0.4 is 0 Å². The van der Waals surface area contributed by atoms with Crippen LogP contribution in [0.2, 0.25) is 0 Å². The second-order valence-electron chi connectivity index (χ2n) is 2.33. The Labute approximate surface area is 62.4 Å². The van der Waals surface area contributed by atoms with Gasteiger partial charge in [0, 0.05) is 25.2 Å². The molecule has 0 spiro atoms. The smallest absolute Gasteiger partial charge is 0.0449 e. The minimum absolute atomic E-state index is 0.418. The Bertz CT molecular complexity index is 155. The lowest BCUT2D eigenvalue weighted by molar-refractivity contribution is 0.764. The molecule has 0 aliphatic rings. The lowest BCUT2D eigenvalue weighted by Crippen LogP contribution is -1.88. The number of rotatable bonds is 3. The third kappa shape index (κ3) is 4.01. The van der Waals surface area contributed by atoms with Crippen LogP contribution in [0.3, 0.4) is 0 Å². The average molecular weight is 138 g/mol. The average Bonchev–Trinajstić information content (AvgIpc) is 1.88. The van der Waals surface area contributed by atoms with E-state index in [-0.39, 0.29) is 0 Å². The van der Waals surface area contributed by atoms with Crippen molar-refractivity contribution in [2.24, 2.45) is 15.9 Å². The van der Waals surface area contributed by atoms with E-state index in [1.165, 1.54) is 0 Å². The van der Waals surface area contributed by atoms with Crippen molar-refractivity contribution in [3.8, 4) is 0 Å². The number of hydrogen-bond acceptors (Lipinski definition) is 2. The summed E-state index contributed by atoms with van der Waals surface area (Å²) in [7, 11) is 1.71. The molecule has 0 unspecified atom stereocenters. The lowest BCUT2D eigenvalue weighted by Gasteiger charge is -1.99. The highest BCUT2D eigenvalue weighted by Gasteiger charge is 1.93. The lowest BCUT2D eigenvalue weighted by atomic mass is 10.2. The van der Waals surface area contributed by atoms with Gasteiger partial charge in [-0.1, -0.05) is 20.4 Å². The van der Waals surface area contributed by atoms with Gasteiger partial charge in [-0.2, -0.15) is 0 Å². The standard InChI is InChI=1S/C8H14N2/c1-7(2)8(3)10-6-5-9-4/h5-7H,3H2,1-2,4H3. The Kier molecular flexibility index (Phi) is 4.46. The van der Waals surface area contributed by atoms with Gasteiger partial charge in [-0.05, 0) is 5.92 Å². The van der Waals surface area contributed by atoms with E-state index in [1.807, 2.05) is 0 Å². The number of aliphatic imine (C=N–C) groups is 2. The molecule has 0 bridgehead atoms. The molecule has 0 aliphatic carbocycles. The predicted molar refractivity (Wildman–Crippen MR) is 46.9 cm³/mol. The maximum atomic E-state index is 4.04. The highest BCUT2D eigenvalue weighted by Crippen LogP contribution is 2.05. The molecule has 0 atom stereocenters. The van der Waals surface area contributed by atoms with E-state index in [0.717, 1.165) is 5.70 Å². The molecular weight excluding hydrogens is 124 g/mol. The minimum atomic E-state index is 0.418. The Balaban J connectivity index is 3.78. The largest absolute Gasteiger partial charge is 0.295 e. The molecule has 0 saturated carbocycles. The summed E-state index contributed by atoms with van der Waals surface area (Å²) in [6.07, 6.45) is 3.30. The van der Waals surface area contributed by atoms with Crippen LogP contribution in [0.5, 0.6) is 0 Å². The van der Waals surface area contributed by atoms with Crippen molar-refractivity contribution >= 4 is 12.4 Å². The van der Waals surface area contributed by atoms with Crippen molar-refractivity contribution in [3.63, 3.8) is 0 Å². The van der Waals surface area contributed by atoms with Gasteiger partial charge in [0.05, 0.1) is 0 Å². The molecule has 0 aromatic heterocycles. The van der Waals surface area contributed by atoms with Gasteiger partial charge in [-0.3, -0.25) is 9.98 Å². The van der Waals surface area contributed by atoms with Crippen LogP contribution in [0.1, 0.15) is 13.8 Å². The zero-order valence-corrected chi connectivity index (χ0v) is 6.83. The summed E-state index contributed by atoms with van der Waals surface area (Å²) in [4.78, 5) is 7.80. The molecular formula is C8H14N2. The van der Waals surface area contributed by atoms with Crippen molar-refractivity contribution in [1.29, 1.82) is 0 Å². The van der Waals surface area contributed by atoms with Crippen molar-refractivity contribution in [2.75, 3.05) is 7.05 Å². The molecule has 0 heterocycles. The van der Waals surface area contributed by atoms with E-state index < -0.39 is 0 Å². The molecule has 0 fully saturated rings. The molecule has 0 saturated heterocycles. The fourth-order valence-corrected chi connectivity index (χ4v) is 0.345. The summed E-state index contributed by atoms with van der Waals surface area (Å²) in [5, 5.41) is 0. The molecule has 0 aromatic rings. The zero-order valence-electron chi connectivity index (χ0n) is 6.83. The Morgan fingerprint density at radius 2 is 2.00 bits per heavy atom. The van der Waals surface area contributed by atoms with Crippen LogP contribution >= 0.6 is 0 Å². The molecule has 56 valence electrons. The van der Waals surface area contributed by atoms with E-state index >= 15 is 0 Å². The molecule has 0 aromatic carbocycles. The molecule has 0 N–H and O–H groups in total. The maximum Gasteiger partial charge on any atom is 0.0449 e. The van der Waals surface area contributed by atoms with Gasteiger partial charge < -0.3 is 0 Å². The fourth-order valence-electron chi connectivity index (χ4n) is 0.345. The first-order chi connectivity index (χ1) is 4.68. The minimum Gasteiger partial charge on any atom is -0.295 e. The molecule has 2 nitrogen and oxygen atoms in total. The normalized spacial score (nSPS) is 12.0. The Morgan fingerprint density at radius 1 is 1.40 bits per heavy atom. The summed E-state index contributed by atoms with van der Waals surface area (Å²) < 4.78 is 0. The van der Waals surface area contributed by atoms with Crippen LogP contribution in [0.4, 0.5) is 0 Å². The first-order valence-corrected chi connectivity index (χ1v) is 3.32. The van der Waals surface area contributed by atoms with Crippen LogP contribution in [-0.2, 0) is 0 Å². The van der Waals surface area contributed by atoms with Crippen molar-refractivity contribution in [2.45, 2.75) is 13.8 Å². The number of allylic oxidation sites excluding steroid dienone is 1. The second kappa shape index (κ2) is 4.91. The number of hydrogen-bond donors (Lipinski definition) is 0. The van der Waals surface area contributed by atoms with E-state index in [4.69, 9.17) is 0 Å². The maximum absolute atomic E-state index is 4.04. The summed E-state index contributed by atoms with van der Waals surface area (Å²) in [5.74, 6) is 0.418. The SMILES string of the molecule is C=C(N=CC=NC)C(C)C. The summed E-state index contributed by atoms with van der Waals surface area (Å²) >= 11 is 0. The van der Waals surface area contributed by atoms with Crippen LogP contribution in [0, 0.1) is 5.92 Å². The zero-order chi connectivity index (χ0) is 7.98. The van der Waals surface area contributed by atoms with E-state index in [2.05, 4.69) is 30.4 Å². The van der Waals surface area contributed by atoms with E-state index in [1.54, 1.807) is 19.5 Å². The number of nitrogens with zero attached hydrogens (tertiary/aromatic N) is 2. The highest BCUT2D eigenvalue weighted by atomic mass is 14.7. The quantitative estimate of drug-likeness (QED) is 0.532. The second-order valence-corrected chi connectivity index (χ2v) is 2.33. The first-order valence-electron chi connectivity index (χ1n) is 3.32. The molecule has 10 heavy (non-hydrogen) atoms. The van der Waals surface area contributed by atoms with Crippen molar-refractivity contribution in [1.82, 2.24) is 0 Å². The Hall–Kier alpha value is -0.920. The van der Waals surface area contributed by atoms with Crippen LogP contribution in [0.15, 0.2) is 22.3 Å². The van der Waals surface area contributed by atoms with Gasteiger partial charge in [0.15, 0.2) is 0 Å². The Morgan fingerprint density at radius 3 is 2.40 bits per heavy atom. The summed E-state index contributed by atoms with van der Waals surface area (Å²) in [6, 6.07) is 0. The van der Waals surface area contributed by atoms with Crippen molar-refractivity contribution < 1.29 is 0 Å². The third-order valence-corrected chi connectivity index (χ3v) is 1.12. The van der Waals surface area contributed by atoms with Gasteiger partial charge in [-0.25, -0.2) is 0 Å². The van der Waals surface area contributed by atoms with Gasteiger partial charge in [0.2, 0.25) is 0 Å². The highest BCUT2D eigenvalue weighted by molar-refractivity contribution is 6.16. The molecule has 2 heteroatoms. The van der Waals surface area contributed by atoms with Gasteiger partial charge in [0.1, 0.15) is 0 Å². The van der Waals surface area contributed by atoms with Crippen LogP contribution in [0.25, 0.3) is 0 Å². The topological polar surface area (TPSA) is 24.7 Å². The fraction of sp³-hybridized carbons (Fsp3) is 0.500. The van der Waals surface area contributed by atoms with E-state index in [0.29, 0.717) is 5.92 Å². The molecule has 0 amide bonds. The predicted octanol–water partition coefficient (Wildman–Crippen LogP) is 1.93. The molecule has 0 aliphatic heterocycles. The summed E-state index contributed by atoms with van der Waals surface area (Å²) in [6.45, 7) is 7.88.